The van der Waals surface area contributed by atoms with Crippen LogP contribution in [-0.2, 0) is 9.63 Å². The molecule has 12 heavy (non-hydrogen) atoms. The molecule has 0 aliphatic carbocycles. The fourth-order valence-electron chi connectivity index (χ4n) is 1.05. The van der Waals surface area contributed by atoms with Gasteiger partial charge < -0.3 is 0 Å². The summed E-state index contributed by atoms with van der Waals surface area (Å²) in [5.41, 5.74) is 2.78. The Morgan fingerprint density at radius 2 is 2.58 bits per heavy atom. The van der Waals surface area contributed by atoms with Crippen molar-refractivity contribution in [1.29, 1.82) is 0 Å². The maximum absolute atomic E-state index is 11.1. The molecule has 0 aromatic rings. The predicted octanol–water partition coefficient (Wildman–Crippen LogP) is -0.254. The molecular weight excluding hydrogens is 158 g/mol. The largest absolute Gasteiger partial charge is 0.296 e. The van der Waals surface area contributed by atoms with Crippen molar-refractivity contribution in [1.82, 2.24) is 10.5 Å². The fraction of sp³-hybridized carbons (Fsp3) is 0.714. The molecule has 1 rings (SSSR count). The summed E-state index contributed by atoms with van der Waals surface area (Å²) in [6, 6.07) is 0. The first-order chi connectivity index (χ1) is 5.77. The van der Waals surface area contributed by atoms with Crippen LogP contribution in [0.1, 0.15) is 13.3 Å². The lowest BCUT2D eigenvalue weighted by molar-refractivity contribution is -0.124. The molecule has 0 spiro atoms. The number of nitrogens with one attached hydrogen (secondary N) is 1. The first kappa shape index (κ1) is 8.99. The van der Waals surface area contributed by atoms with E-state index in [2.05, 4.69) is 15.4 Å². The maximum atomic E-state index is 11.1. The standard InChI is InChI=1S/C7H13N3O2/c1-3-10-5-4-6(8-10)7(11)9-12-2/h3-5H2,1-2H3,(H,9,11). The average Bonchev–Trinajstić information content (AvgIpc) is 2.52. The lowest BCUT2D eigenvalue weighted by atomic mass is 10.3. The van der Waals surface area contributed by atoms with Crippen molar-refractivity contribution in [2.24, 2.45) is 5.10 Å². The number of rotatable bonds is 3. The first-order valence-corrected chi connectivity index (χ1v) is 3.93. The molecule has 0 unspecified atom stereocenters. The number of carbonyl (C=O) groups is 1. The normalized spacial score (nSPS) is 16.2. The van der Waals surface area contributed by atoms with Gasteiger partial charge in [0.2, 0.25) is 0 Å². The molecule has 0 radical (unpaired) electrons. The van der Waals surface area contributed by atoms with Crippen LogP contribution >= 0.6 is 0 Å². The van der Waals surface area contributed by atoms with Gasteiger partial charge in [-0.25, -0.2) is 5.48 Å². The van der Waals surface area contributed by atoms with E-state index in [1.807, 2.05) is 11.9 Å². The molecule has 68 valence electrons. The van der Waals surface area contributed by atoms with Crippen molar-refractivity contribution in [2.75, 3.05) is 20.2 Å². The topological polar surface area (TPSA) is 53.9 Å². The lowest BCUT2D eigenvalue weighted by Gasteiger charge is -2.07. The highest BCUT2D eigenvalue weighted by Gasteiger charge is 2.18. The zero-order chi connectivity index (χ0) is 8.97. The monoisotopic (exact) mass is 171 g/mol. The van der Waals surface area contributed by atoms with Gasteiger partial charge in [0.1, 0.15) is 5.71 Å². The SMILES string of the molecule is CCN1CCC(C(=O)NOC)=N1. The van der Waals surface area contributed by atoms with Crippen LogP contribution in [0.25, 0.3) is 0 Å². The van der Waals surface area contributed by atoms with E-state index in [0.717, 1.165) is 13.1 Å². The molecule has 1 heterocycles. The van der Waals surface area contributed by atoms with Gasteiger partial charge in [-0.2, -0.15) is 5.10 Å². The Morgan fingerprint density at radius 3 is 3.08 bits per heavy atom. The summed E-state index contributed by atoms with van der Waals surface area (Å²) in [7, 11) is 1.41. The quantitative estimate of drug-likeness (QED) is 0.595. The number of hydroxylamine groups is 1. The number of nitrogens with zero attached hydrogens (tertiary/aromatic N) is 2. The zero-order valence-electron chi connectivity index (χ0n) is 7.33. The fourth-order valence-corrected chi connectivity index (χ4v) is 1.05. The molecule has 1 amide bonds. The van der Waals surface area contributed by atoms with Crippen LogP contribution in [0.3, 0.4) is 0 Å². The summed E-state index contributed by atoms with van der Waals surface area (Å²) in [6.45, 7) is 3.66. The highest BCUT2D eigenvalue weighted by Crippen LogP contribution is 2.04. The van der Waals surface area contributed by atoms with Gasteiger partial charge in [0, 0.05) is 19.5 Å². The van der Waals surface area contributed by atoms with E-state index in [1.54, 1.807) is 0 Å². The Bertz CT molecular complexity index is 203. The summed E-state index contributed by atoms with van der Waals surface area (Å²) in [6.07, 6.45) is 0.697. The third kappa shape index (κ3) is 1.94. The molecule has 0 fully saturated rings. The van der Waals surface area contributed by atoms with Crippen LogP contribution in [0.15, 0.2) is 5.10 Å². The number of amides is 1. The average molecular weight is 171 g/mol. The van der Waals surface area contributed by atoms with E-state index in [-0.39, 0.29) is 5.91 Å². The van der Waals surface area contributed by atoms with Crippen LogP contribution in [0.5, 0.6) is 0 Å². The smallest absolute Gasteiger partial charge is 0.291 e. The van der Waals surface area contributed by atoms with E-state index in [0.29, 0.717) is 12.1 Å². The number of carbonyl (C=O) groups excluding carboxylic acids is 1. The minimum absolute atomic E-state index is 0.242. The Labute approximate surface area is 71.3 Å². The van der Waals surface area contributed by atoms with Crippen molar-refractivity contribution in [2.45, 2.75) is 13.3 Å². The van der Waals surface area contributed by atoms with Gasteiger partial charge in [-0.3, -0.25) is 14.6 Å². The van der Waals surface area contributed by atoms with Crippen molar-refractivity contribution < 1.29 is 9.63 Å². The van der Waals surface area contributed by atoms with E-state index in [9.17, 15) is 4.79 Å². The van der Waals surface area contributed by atoms with Gasteiger partial charge in [0.15, 0.2) is 0 Å². The summed E-state index contributed by atoms with van der Waals surface area (Å²) >= 11 is 0. The third-order valence-electron chi connectivity index (χ3n) is 1.69. The van der Waals surface area contributed by atoms with E-state index in [4.69, 9.17) is 0 Å². The predicted molar refractivity (Wildman–Crippen MR) is 44.5 cm³/mol. The number of hydrogen-bond donors (Lipinski definition) is 1. The Morgan fingerprint density at radius 1 is 1.83 bits per heavy atom. The van der Waals surface area contributed by atoms with Gasteiger partial charge in [0.05, 0.1) is 7.11 Å². The second-order valence-electron chi connectivity index (χ2n) is 2.48. The van der Waals surface area contributed by atoms with Crippen molar-refractivity contribution >= 4 is 11.6 Å². The molecule has 0 atom stereocenters. The Balaban J connectivity index is 2.48. The second-order valence-corrected chi connectivity index (χ2v) is 2.48. The number of hydrogen-bond acceptors (Lipinski definition) is 4. The van der Waals surface area contributed by atoms with Crippen LogP contribution in [0.2, 0.25) is 0 Å². The maximum Gasteiger partial charge on any atom is 0.291 e. The molecule has 0 aromatic heterocycles. The minimum atomic E-state index is -0.242. The van der Waals surface area contributed by atoms with Crippen LogP contribution in [0, 0.1) is 0 Å². The van der Waals surface area contributed by atoms with Crippen molar-refractivity contribution in [3.63, 3.8) is 0 Å². The summed E-state index contributed by atoms with van der Waals surface area (Å²) in [4.78, 5) is 15.6. The van der Waals surface area contributed by atoms with Gasteiger partial charge in [-0.05, 0) is 6.92 Å². The highest BCUT2D eigenvalue weighted by atomic mass is 16.6. The zero-order valence-corrected chi connectivity index (χ0v) is 7.33. The van der Waals surface area contributed by atoms with Crippen molar-refractivity contribution in [3.05, 3.63) is 0 Å². The van der Waals surface area contributed by atoms with Gasteiger partial charge in [0.25, 0.3) is 5.91 Å². The Hall–Kier alpha value is -1.10. The summed E-state index contributed by atoms with van der Waals surface area (Å²) < 4.78 is 0. The molecule has 0 bridgehead atoms. The molecule has 5 heteroatoms. The van der Waals surface area contributed by atoms with Gasteiger partial charge >= 0.3 is 0 Å². The molecule has 5 nitrogen and oxygen atoms in total. The van der Waals surface area contributed by atoms with Crippen LogP contribution in [0.4, 0.5) is 0 Å². The van der Waals surface area contributed by atoms with Crippen molar-refractivity contribution in [3.8, 4) is 0 Å². The van der Waals surface area contributed by atoms with E-state index in [1.165, 1.54) is 7.11 Å². The van der Waals surface area contributed by atoms with Gasteiger partial charge in [-0.1, -0.05) is 0 Å². The van der Waals surface area contributed by atoms with E-state index < -0.39 is 0 Å². The molecule has 0 saturated heterocycles. The number of hydrazone groups is 1. The highest BCUT2D eigenvalue weighted by molar-refractivity contribution is 6.38. The third-order valence-corrected chi connectivity index (χ3v) is 1.69. The minimum Gasteiger partial charge on any atom is -0.296 e. The molecular formula is C7H13N3O2. The molecule has 1 N–H and O–H groups in total. The second kappa shape index (κ2) is 4.06. The van der Waals surface area contributed by atoms with Crippen LogP contribution < -0.4 is 5.48 Å². The molecule has 1 aliphatic rings. The van der Waals surface area contributed by atoms with E-state index >= 15 is 0 Å². The molecule has 0 aromatic carbocycles. The summed E-state index contributed by atoms with van der Waals surface area (Å²) in [5.74, 6) is -0.242. The molecule has 1 aliphatic heterocycles. The summed E-state index contributed by atoms with van der Waals surface area (Å²) in [5, 5.41) is 5.93. The first-order valence-electron chi connectivity index (χ1n) is 3.93. The lowest BCUT2D eigenvalue weighted by Crippen LogP contribution is -2.29. The Kier molecular flexibility index (Phi) is 3.04. The molecule has 0 saturated carbocycles. The van der Waals surface area contributed by atoms with Gasteiger partial charge in [-0.15, -0.1) is 0 Å². The van der Waals surface area contributed by atoms with Crippen LogP contribution in [-0.4, -0.2) is 36.8 Å².